The van der Waals surface area contributed by atoms with Crippen LogP contribution in [0.3, 0.4) is 0 Å². The van der Waals surface area contributed by atoms with E-state index in [0.717, 1.165) is 17.7 Å². The number of nitrogens with zero attached hydrogens (tertiary/aromatic N) is 3. The van der Waals surface area contributed by atoms with Gasteiger partial charge < -0.3 is 19.8 Å². The molecule has 0 radical (unpaired) electrons. The number of rotatable bonds is 3. The summed E-state index contributed by atoms with van der Waals surface area (Å²) in [5, 5.41) is 33.5. The molecule has 10 heteroatoms. The van der Waals surface area contributed by atoms with Crippen molar-refractivity contribution in [2.45, 2.75) is 67.1 Å². The Kier molecular flexibility index (Phi) is 6.15. The highest BCUT2D eigenvalue weighted by atomic mass is 19.4. The Labute approximate surface area is 235 Å². The standard InChI is InChI=1S/C31H28F3N3O4/c1-3-14-37-21(17-35)16-29-26-19-7-10-23(38)27(26)41-28(29)22(12-13-30(29,40)24(37)15-19)36(2)25(39)11-6-18-4-8-20(9-5-18)31(32,33)34/h3-5,7-10,21-22,24,28,38,40H,1,12-16H2,2H3/t21?,22-,24+,28-,29-,30+/m0/s1. The minimum Gasteiger partial charge on any atom is -0.504 e. The second kappa shape index (κ2) is 9.27. The number of likely N-dealkylation sites (tertiary alicyclic amines) is 1. The van der Waals surface area contributed by atoms with Gasteiger partial charge in [0.05, 0.1) is 34.7 Å². The number of hydrogen-bond donors (Lipinski definition) is 2. The number of carbonyl (C=O) groups excluding carboxylic acids is 1. The molecule has 1 spiro atoms. The molecule has 2 fully saturated rings. The third kappa shape index (κ3) is 3.78. The number of aromatic hydroxyl groups is 1. The van der Waals surface area contributed by atoms with Gasteiger partial charge in [-0.25, -0.2) is 0 Å². The van der Waals surface area contributed by atoms with Crippen molar-refractivity contribution in [3.8, 4) is 29.4 Å². The monoisotopic (exact) mass is 563 g/mol. The first-order valence-electron chi connectivity index (χ1n) is 13.4. The van der Waals surface area contributed by atoms with Crippen LogP contribution in [0.1, 0.15) is 41.5 Å². The fraction of sp³-hybridized carbons (Fsp3) is 0.419. The third-order valence-electron chi connectivity index (χ3n) is 9.46. The summed E-state index contributed by atoms with van der Waals surface area (Å²) < 4.78 is 45.1. The molecule has 2 N–H and O–H groups in total. The van der Waals surface area contributed by atoms with Gasteiger partial charge >= 0.3 is 6.18 Å². The summed E-state index contributed by atoms with van der Waals surface area (Å²) in [4.78, 5) is 16.7. The fourth-order valence-electron chi connectivity index (χ4n) is 7.67. The molecule has 1 saturated heterocycles. The summed E-state index contributed by atoms with van der Waals surface area (Å²) >= 11 is 0. The van der Waals surface area contributed by atoms with Gasteiger partial charge in [0.2, 0.25) is 0 Å². The van der Waals surface area contributed by atoms with E-state index in [1.165, 1.54) is 17.0 Å². The molecule has 7 nitrogen and oxygen atoms in total. The van der Waals surface area contributed by atoms with Crippen molar-refractivity contribution in [1.29, 1.82) is 5.26 Å². The summed E-state index contributed by atoms with van der Waals surface area (Å²) in [7, 11) is 1.58. The van der Waals surface area contributed by atoms with E-state index in [4.69, 9.17) is 4.74 Å². The third-order valence-corrected chi connectivity index (χ3v) is 9.46. The molecule has 0 aromatic heterocycles. The number of likely N-dealkylation sites (N-methyl/N-ethyl adjacent to an activating group) is 1. The van der Waals surface area contributed by atoms with E-state index in [0.29, 0.717) is 31.4 Å². The van der Waals surface area contributed by atoms with Gasteiger partial charge in [0, 0.05) is 36.7 Å². The highest BCUT2D eigenvalue weighted by Crippen LogP contribution is 2.66. The van der Waals surface area contributed by atoms with E-state index >= 15 is 0 Å². The Hall–Kier alpha value is -3.99. The number of alkyl halides is 3. The maximum absolute atomic E-state index is 13.3. The molecule has 2 bridgehead atoms. The first kappa shape index (κ1) is 27.2. The van der Waals surface area contributed by atoms with Gasteiger partial charge in [-0.1, -0.05) is 18.1 Å². The van der Waals surface area contributed by atoms with Gasteiger partial charge in [-0.15, -0.1) is 6.58 Å². The smallest absolute Gasteiger partial charge is 0.416 e. The molecule has 4 aliphatic rings. The summed E-state index contributed by atoms with van der Waals surface area (Å²) in [6.07, 6.45) is -2.08. The Morgan fingerprint density at radius 2 is 2.02 bits per heavy atom. The number of aliphatic hydroxyl groups is 1. The zero-order chi connectivity index (χ0) is 29.3. The molecule has 2 heterocycles. The van der Waals surface area contributed by atoms with Gasteiger partial charge in [-0.05, 0) is 61.6 Å². The molecule has 1 unspecified atom stereocenters. The van der Waals surface area contributed by atoms with Crippen LogP contribution < -0.4 is 4.74 Å². The van der Waals surface area contributed by atoms with Crippen LogP contribution in [0.4, 0.5) is 13.2 Å². The van der Waals surface area contributed by atoms with Crippen LogP contribution in [-0.2, 0) is 22.8 Å². The molecule has 41 heavy (non-hydrogen) atoms. The molecule has 212 valence electrons. The van der Waals surface area contributed by atoms with Crippen LogP contribution in [0.15, 0.2) is 49.1 Å². The zero-order valence-corrected chi connectivity index (χ0v) is 22.3. The summed E-state index contributed by atoms with van der Waals surface area (Å²) in [5.74, 6) is 4.83. The largest absolute Gasteiger partial charge is 0.504 e. The molecule has 1 amide bonds. The molecular weight excluding hydrogens is 535 g/mol. The number of amides is 1. The first-order valence-corrected chi connectivity index (χ1v) is 13.4. The normalized spacial score (nSPS) is 31.1. The fourth-order valence-corrected chi connectivity index (χ4v) is 7.67. The minimum atomic E-state index is -4.47. The van der Waals surface area contributed by atoms with Gasteiger partial charge in [0.15, 0.2) is 11.5 Å². The maximum atomic E-state index is 13.3. The lowest BCUT2D eigenvalue weighted by Gasteiger charge is -2.65. The van der Waals surface area contributed by atoms with Gasteiger partial charge in [-0.3, -0.25) is 9.69 Å². The van der Waals surface area contributed by atoms with Crippen molar-refractivity contribution in [2.24, 2.45) is 0 Å². The molecule has 6 rings (SSSR count). The van der Waals surface area contributed by atoms with Crippen LogP contribution >= 0.6 is 0 Å². The van der Waals surface area contributed by atoms with Gasteiger partial charge in [0.25, 0.3) is 5.91 Å². The average Bonchev–Trinajstić information content (AvgIpc) is 3.29. The molecular formula is C31H28F3N3O4. The van der Waals surface area contributed by atoms with Crippen molar-refractivity contribution < 1.29 is 32.9 Å². The Balaban J connectivity index is 1.37. The van der Waals surface area contributed by atoms with Crippen LogP contribution in [0.25, 0.3) is 0 Å². The minimum absolute atomic E-state index is 0.0646. The lowest BCUT2D eigenvalue weighted by Crippen LogP contribution is -2.79. The SMILES string of the molecule is C=CCN1C(C#N)C[C@]23c4c5ccc(O)c4O[C@H]2[C@@H](N(C)C(=O)C#Cc2ccc(C(F)(F)F)cc2)CC[C@@]3(O)[C@H]1C5. The summed E-state index contributed by atoms with van der Waals surface area (Å²) in [6.45, 7) is 4.27. The van der Waals surface area contributed by atoms with Gasteiger partial charge in [0.1, 0.15) is 6.10 Å². The summed E-state index contributed by atoms with van der Waals surface area (Å²) in [6, 6.07) is 8.56. The number of benzene rings is 2. The summed E-state index contributed by atoms with van der Waals surface area (Å²) in [5.41, 5.74) is -1.24. The number of hydrogen-bond acceptors (Lipinski definition) is 6. The van der Waals surface area contributed by atoms with Crippen LogP contribution in [0, 0.1) is 23.2 Å². The molecule has 2 aromatic rings. The average molecular weight is 564 g/mol. The van der Waals surface area contributed by atoms with Crippen molar-refractivity contribution in [3.63, 3.8) is 0 Å². The van der Waals surface area contributed by atoms with E-state index in [-0.39, 0.29) is 23.5 Å². The molecule has 2 aromatic carbocycles. The Morgan fingerprint density at radius 1 is 1.29 bits per heavy atom. The maximum Gasteiger partial charge on any atom is 0.416 e. The van der Waals surface area contributed by atoms with Crippen molar-refractivity contribution >= 4 is 5.91 Å². The van der Waals surface area contributed by atoms with Crippen LogP contribution in [0.2, 0.25) is 0 Å². The number of carbonyl (C=O) groups is 1. The molecule has 6 atom stereocenters. The number of nitriles is 1. The number of ether oxygens (including phenoxy) is 1. The van der Waals surface area contributed by atoms with Gasteiger partial charge in [-0.2, -0.15) is 18.4 Å². The van der Waals surface area contributed by atoms with Crippen LogP contribution in [0.5, 0.6) is 11.5 Å². The topological polar surface area (TPSA) is 97.0 Å². The van der Waals surface area contributed by atoms with Crippen molar-refractivity contribution in [1.82, 2.24) is 9.80 Å². The van der Waals surface area contributed by atoms with E-state index in [9.17, 15) is 33.4 Å². The highest BCUT2D eigenvalue weighted by molar-refractivity contribution is 5.94. The van der Waals surface area contributed by atoms with E-state index in [1.807, 2.05) is 11.0 Å². The molecule has 1 saturated carbocycles. The molecule has 2 aliphatic heterocycles. The zero-order valence-electron chi connectivity index (χ0n) is 22.3. The second-order valence-corrected chi connectivity index (χ2v) is 11.3. The van der Waals surface area contributed by atoms with Crippen LogP contribution in [-0.4, -0.2) is 69.3 Å². The number of halogens is 3. The van der Waals surface area contributed by atoms with E-state index in [1.54, 1.807) is 19.2 Å². The van der Waals surface area contributed by atoms with Crippen molar-refractivity contribution in [3.05, 3.63) is 71.3 Å². The predicted molar refractivity (Wildman–Crippen MR) is 142 cm³/mol. The Morgan fingerprint density at radius 3 is 2.68 bits per heavy atom. The van der Waals surface area contributed by atoms with E-state index in [2.05, 4.69) is 24.5 Å². The lowest BCUT2D eigenvalue weighted by molar-refractivity contribution is -0.205. The number of phenols is 1. The molecule has 2 aliphatic carbocycles. The second-order valence-electron chi connectivity index (χ2n) is 11.3. The Bertz CT molecular complexity index is 1540. The van der Waals surface area contributed by atoms with E-state index < -0.39 is 52.9 Å². The quantitative estimate of drug-likeness (QED) is 0.438. The number of phenolic OH excluding ortho intramolecular Hbond substituents is 1. The number of piperidine rings is 1. The predicted octanol–water partition coefficient (Wildman–Crippen LogP) is 3.52. The highest BCUT2D eigenvalue weighted by Gasteiger charge is 2.74. The lowest BCUT2D eigenvalue weighted by atomic mass is 9.47. The first-order chi connectivity index (χ1) is 19.5. The van der Waals surface area contributed by atoms with Crippen molar-refractivity contribution in [2.75, 3.05) is 13.6 Å².